The summed E-state index contributed by atoms with van der Waals surface area (Å²) in [5.41, 5.74) is 1.21. The summed E-state index contributed by atoms with van der Waals surface area (Å²) in [4.78, 5) is 4.20. The van der Waals surface area contributed by atoms with E-state index in [1.165, 1.54) is 6.07 Å². The molecule has 3 rings (SSSR count). The van der Waals surface area contributed by atoms with Crippen LogP contribution >= 0.6 is 38.9 Å². The van der Waals surface area contributed by atoms with Gasteiger partial charge in [-0.2, -0.15) is 0 Å². The molecule has 0 saturated heterocycles. The molecule has 2 heterocycles. The van der Waals surface area contributed by atoms with E-state index >= 15 is 0 Å². The van der Waals surface area contributed by atoms with E-state index in [4.69, 9.17) is 11.6 Å². The molecule has 0 atom stereocenters. The SMILES string of the molecule is O=S(=O)(Nc1cccc2ncccc12)c1cc(Cl)c(Br)s1. The molecule has 0 unspecified atom stereocenters. The van der Waals surface area contributed by atoms with Gasteiger partial charge in [0.25, 0.3) is 10.0 Å². The molecule has 0 fully saturated rings. The highest BCUT2D eigenvalue weighted by Gasteiger charge is 2.20. The summed E-state index contributed by atoms with van der Waals surface area (Å²) < 4.78 is 28.1. The van der Waals surface area contributed by atoms with Crippen molar-refractivity contribution in [2.45, 2.75) is 4.21 Å². The number of halogens is 2. The molecule has 0 aliphatic carbocycles. The molecule has 0 bridgehead atoms. The lowest BCUT2D eigenvalue weighted by Gasteiger charge is -2.08. The van der Waals surface area contributed by atoms with Crippen LogP contribution in [-0.4, -0.2) is 13.4 Å². The van der Waals surface area contributed by atoms with Gasteiger partial charge in [0.05, 0.1) is 20.0 Å². The van der Waals surface area contributed by atoms with E-state index < -0.39 is 10.0 Å². The Hall–Kier alpha value is -1.15. The maximum Gasteiger partial charge on any atom is 0.271 e. The highest BCUT2D eigenvalue weighted by atomic mass is 79.9. The molecule has 0 radical (unpaired) electrons. The molecule has 3 aromatic rings. The number of pyridine rings is 1. The maximum atomic E-state index is 12.4. The van der Waals surface area contributed by atoms with E-state index in [0.717, 1.165) is 22.2 Å². The number of sulfonamides is 1. The molecule has 2 aromatic heterocycles. The van der Waals surface area contributed by atoms with Gasteiger partial charge in [-0.15, -0.1) is 11.3 Å². The van der Waals surface area contributed by atoms with E-state index in [0.29, 0.717) is 14.5 Å². The largest absolute Gasteiger partial charge is 0.278 e. The van der Waals surface area contributed by atoms with Crippen LogP contribution in [0, 0.1) is 0 Å². The lowest BCUT2D eigenvalue weighted by molar-refractivity contribution is 0.603. The van der Waals surface area contributed by atoms with Crippen molar-refractivity contribution in [2.24, 2.45) is 0 Å². The third kappa shape index (κ3) is 2.91. The van der Waals surface area contributed by atoms with Gasteiger partial charge in [0, 0.05) is 11.6 Å². The van der Waals surface area contributed by atoms with Gasteiger partial charge in [0.15, 0.2) is 0 Å². The van der Waals surface area contributed by atoms with Crippen molar-refractivity contribution < 1.29 is 8.42 Å². The standard InChI is InChI=1S/C13H8BrClN2O2S2/c14-13-9(15)7-12(20-13)21(18,19)17-11-5-1-4-10-8(11)3-2-6-16-10/h1-7,17H. The minimum absolute atomic E-state index is 0.153. The van der Waals surface area contributed by atoms with E-state index in [1.807, 2.05) is 12.1 Å². The number of hydrogen-bond donors (Lipinski definition) is 1. The first-order chi connectivity index (χ1) is 9.97. The summed E-state index contributed by atoms with van der Waals surface area (Å²) in [7, 11) is -3.68. The number of thiophene rings is 1. The summed E-state index contributed by atoms with van der Waals surface area (Å²) in [6, 6.07) is 10.3. The molecule has 0 amide bonds. The van der Waals surface area contributed by atoms with Gasteiger partial charge in [-0.1, -0.05) is 17.7 Å². The molecule has 1 N–H and O–H groups in total. The fraction of sp³-hybridized carbons (Fsp3) is 0. The number of fused-ring (bicyclic) bond motifs is 1. The third-order valence-corrected chi connectivity index (χ3v) is 7.09. The van der Waals surface area contributed by atoms with Crippen LogP contribution in [0.2, 0.25) is 5.02 Å². The number of nitrogens with zero attached hydrogens (tertiary/aromatic N) is 1. The van der Waals surface area contributed by atoms with Crippen molar-refractivity contribution in [1.82, 2.24) is 4.98 Å². The van der Waals surface area contributed by atoms with Crippen LogP contribution in [0.3, 0.4) is 0 Å². The smallest absolute Gasteiger partial charge is 0.271 e. The van der Waals surface area contributed by atoms with Gasteiger partial charge in [0.1, 0.15) is 4.21 Å². The third-order valence-electron chi connectivity index (χ3n) is 2.78. The van der Waals surface area contributed by atoms with Crippen molar-refractivity contribution in [3.63, 3.8) is 0 Å². The Morgan fingerprint density at radius 1 is 1.24 bits per heavy atom. The summed E-state index contributed by atoms with van der Waals surface area (Å²) in [5, 5.41) is 1.12. The quantitative estimate of drug-likeness (QED) is 0.700. The van der Waals surface area contributed by atoms with Crippen LogP contribution in [0.4, 0.5) is 5.69 Å². The molecule has 0 aliphatic rings. The molecule has 21 heavy (non-hydrogen) atoms. The molecular formula is C13H8BrClN2O2S2. The Kier molecular flexibility index (Phi) is 3.92. The maximum absolute atomic E-state index is 12.4. The second kappa shape index (κ2) is 5.57. The second-order valence-electron chi connectivity index (χ2n) is 4.17. The van der Waals surface area contributed by atoms with Gasteiger partial charge in [-0.25, -0.2) is 8.42 Å². The van der Waals surface area contributed by atoms with Gasteiger partial charge < -0.3 is 0 Å². The van der Waals surface area contributed by atoms with Crippen LogP contribution in [0.5, 0.6) is 0 Å². The highest BCUT2D eigenvalue weighted by molar-refractivity contribution is 9.11. The summed E-state index contributed by atoms with van der Waals surface area (Å²) in [6.45, 7) is 0. The minimum atomic E-state index is -3.68. The number of rotatable bonds is 3. The second-order valence-corrected chi connectivity index (χ2v) is 8.85. The van der Waals surface area contributed by atoms with Gasteiger partial charge >= 0.3 is 0 Å². The van der Waals surface area contributed by atoms with E-state index in [-0.39, 0.29) is 4.21 Å². The van der Waals surface area contributed by atoms with Crippen molar-refractivity contribution in [2.75, 3.05) is 4.72 Å². The Bertz CT molecular complexity index is 900. The van der Waals surface area contributed by atoms with Crippen molar-refractivity contribution in [1.29, 1.82) is 0 Å². The first kappa shape index (κ1) is 14.8. The van der Waals surface area contributed by atoms with E-state index in [1.54, 1.807) is 24.4 Å². The van der Waals surface area contributed by atoms with E-state index in [9.17, 15) is 8.42 Å². The number of nitrogens with one attached hydrogen (secondary N) is 1. The normalized spacial score (nSPS) is 11.7. The average Bonchev–Trinajstić information content (AvgIpc) is 2.80. The van der Waals surface area contributed by atoms with Gasteiger partial charge in [-0.05, 0) is 46.3 Å². The molecule has 4 nitrogen and oxygen atoms in total. The predicted molar refractivity (Wildman–Crippen MR) is 89.6 cm³/mol. The van der Waals surface area contributed by atoms with Crippen LogP contribution in [-0.2, 0) is 10.0 Å². The Labute approximate surface area is 139 Å². The number of aromatic nitrogens is 1. The Morgan fingerprint density at radius 2 is 2.05 bits per heavy atom. The topological polar surface area (TPSA) is 59.1 Å². The molecule has 0 saturated carbocycles. The predicted octanol–water partition coefficient (Wildman–Crippen LogP) is 4.51. The summed E-state index contributed by atoms with van der Waals surface area (Å²) >= 11 is 10.2. The zero-order valence-electron chi connectivity index (χ0n) is 10.4. The lowest BCUT2D eigenvalue weighted by Crippen LogP contribution is -2.11. The molecule has 0 aliphatic heterocycles. The average molecular weight is 404 g/mol. The lowest BCUT2D eigenvalue weighted by atomic mass is 10.2. The minimum Gasteiger partial charge on any atom is -0.278 e. The molecule has 8 heteroatoms. The van der Waals surface area contributed by atoms with Crippen LogP contribution in [0.1, 0.15) is 0 Å². The van der Waals surface area contributed by atoms with Crippen molar-refractivity contribution >= 4 is 65.5 Å². The zero-order chi connectivity index (χ0) is 15.0. The number of benzene rings is 1. The van der Waals surface area contributed by atoms with Crippen LogP contribution in [0.15, 0.2) is 50.6 Å². The monoisotopic (exact) mass is 402 g/mol. The molecule has 0 spiro atoms. The fourth-order valence-corrected chi connectivity index (χ4v) is 5.32. The molecule has 1 aromatic carbocycles. The van der Waals surface area contributed by atoms with Gasteiger partial charge in [-0.3, -0.25) is 9.71 Å². The fourth-order valence-electron chi connectivity index (χ4n) is 1.85. The summed E-state index contributed by atoms with van der Waals surface area (Å²) in [6.07, 6.45) is 1.66. The highest BCUT2D eigenvalue weighted by Crippen LogP contribution is 2.35. The van der Waals surface area contributed by atoms with Crippen molar-refractivity contribution in [3.05, 3.63) is 51.4 Å². The van der Waals surface area contributed by atoms with Crippen LogP contribution in [0.25, 0.3) is 10.9 Å². The molecule has 108 valence electrons. The number of hydrogen-bond acceptors (Lipinski definition) is 4. The Balaban J connectivity index is 2.05. The summed E-state index contributed by atoms with van der Waals surface area (Å²) in [5.74, 6) is 0. The Morgan fingerprint density at radius 3 is 2.76 bits per heavy atom. The number of anilines is 1. The van der Waals surface area contributed by atoms with Crippen molar-refractivity contribution in [3.8, 4) is 0 Å². The first-order valence-electron chi connectivity index (χ1n) is 5.79. The van der Waals surface area contributed by atoms with Crippen LogP contribution < -0.4 is 4.72 Å². The first-order valence-corrected chi connectivity index (χ1v) is 9.26. The van der Waals surface area contributed by atoms with E-state index in [2.05, 4.69) is 25.6 Å². The zero-order valence-corrected chi connectivity index (χ0v) is 14.4. The molecular weight excluding hydrogens is 396 g/mol. The van der Waals surface area contributed by atoms with Gasteiger partial charge in [0.2, 0.25) is 0 Å².